The first kappa shape index (κ1) is 10.1. The van der Waals surface area contributed by atoms with E-state index < -0.39 is 14.7 Å². The monoisotopic (exact) mass is 246 g/mol. The third-order valence-electron chi connectivity index (χ3n) is 1.68. The second-order valence-electron chi connectivity index (χ2n) is 3.06. The quantitative estimate of drug-likeness (QED) is 0.758. The van der Waals surface area contributed by atoms with Crippen LogP contribution in [-0.2, 0) is 0 Å². The van der Waals surface area contributed by atoms with E-state index in [0.29, 0.717) is 0 Å². The van der Waals surface area contributed by atoms with Crippen molar-refractivity contribution in [1.82, 2.24) is 4.98 Å². The Kier molecular flexibility index (Phi) is 4.10. The number of hydrogen-bond donors (Lipinski definition) is 0. The number of nitrogens with zero attached hydrogens (tertiary/aromatic N) is 2. The zero-order valence-corrected chi connectivity index (χ0v) is 10.5. The molecule has 0 aromatic carbocycles. The Morgan fingerprint density at radius 1 is 1.58 bits per heavy atom. The molecule has 68 valence electrons. The molecule has 0 unspecified atom stereocenters. The first-order chi connectivity index (χ1) is 5.70. The molecular formula is C8H15AsN2S. The van der Waals surface area contributed by atoms with Gasteiger partial charge in [-0.1, -0.05) is 0 Å². The van der Waals surface area contributed by atoms with Crippen LogP contribution in [0, 0.1) is 0 Å². The summed E-state index contributed by atoms with van der Waals surface area (Å²) in [6.07, 6.45) is 1.94. The van der Waals surface area contributed by atoms with Crippen LogP contribution in [0.5, 0.6) is 0 Å². The van der Waals surface area contributed by atoms with Gasteiger partial charge in [0.2, 0.25) is 0 Å². The van der Waals surface area contributed by atoms with Gasteiger partial charge in [-0.25, -0.2) is 0 Å². The molecule has 1 aromatic rings. The van der Waals surface area contributed by atoms with Gasteiger partial charge in [-0.15, -0.1) is 0 Å². The average Bonchev–Trinajstić information content (AvgIpc) is 2.51. The van der Waals surface area contributed by atoms with Crippen molar-refractivity contribution in [3.8, 4) is 0 Å². The molecule has 0 aliphatic carbocycles. The Hall–Kier alpha value is -0.0116. The summed E-state index contributed by atoms with van der Waals surface area (Å²) < 4.78 is 0. The van der Waals surface area contributed by atoms with Gasteiger partial charge in [0, 0.05) is 0 Å². The minimum absolute atomic E-state index is 0.447. The molecule has 0 atom stereocenters. The van der Waals surface area contributed by atoms with Gasteiger partial charge in [-0.2, -0.15) is 0 Å². The molecule has 0 aliphatic heterocycles. The maximum absolute atomic E-state index is 4.06. The maximum atomic E-state index is 4.06. The fourth-order valence-corrected chi connectivity index (χ4v) is 2.95. The molecule has 12 heavy (non-hydrogen) atoms. The average molecular weight is 246 g/mol. The van der Waals surface area contributed by atoms with Crippen LogP contribution in [-0.4, -0.2) is 33.2 Å². The van der Waals surface area contributed by atoms with E-state index in [1.807, 2.05) is 11.7 Å². The SMILES string of the molecule is CN(CC[As](C)C)c1cncs1. The van der Waals surface area contributed by atoms with E-state index in [2.05, 4.69) is 28.4 Å². The summed E-state index contributed by atoms with van der Waals surface area (Å²) in [5.74, 6) is 0. The van der Waals surface area contributed by atoms with Gasteiger partial charge in [0.05, 0.1) is 0 Å². The van der Waals surface area contributed by atoms with Crippen molar-refractivity contribution in [3.63, 3.8) is 0 Å². The molecule has 0 bridgehead atoms. The Labute approximate surface area is 82.9 Å². The van der Waals surface area contributed by atoms with Gasteiger partial charge in [0.25, 0.3) is 0 Å². The Morgan fingerprint density at radius 3 is 2.83 bits per heavy atom. The molecule has 0 saturated heterocycles. The summed E-state index contributed by atoms with van der Waals surface area (Å²) in [7, 11) is 2.14. The fourth-order valence-electron chi connectivity index (χ4n) is 0.858. The summed E-state index contributed by atoms with van der Waals surface area (Å²) in [6, 6.07) is 0. The minimum atomic E-state index is -0.447. The molecule has 1 aromatic heterocycles. The van der Waals surface area contributed by atoms with E-state index in [-0.39, 0.29) is 0 Å². The molecule has 0 fully saturated rings. The predicted octanol–water partition coefficient (Wildman–Crippen LogP) is 2.33. The Morgan fingerprint density at radius 2 is 2.33 bits per heavy atom. The van der Waals surface area contributed by atoms with Crippen molar-refractivity contribution in [3.05, 3.63) is 11.7 Å². The van der Waals surface area contributed by atoms with E-state index in [0.717, 1.165) is 0 Å². The second-order valence-corrected chi connectivity index (χ2v) is 9.40. The fraction of sp³-hybridized carbons (Fsp3) is 0.625. The number of hydrogen-bond acceptors (Lipinski definition) is 3. The topological polar surface area (TPSA) is 16.1 Å². The standard InChI is InChI=1S/C8H15AsN2S/c1-9(2)4-5-11(3)8-6-10-7-12-8/h6-7H,4-5H2,1-3H3. The van der Waals surface area contributed by atoms with E-state index in [9.17, 15) is 0 Å². The van der Waals surface area contributed by atoms with Crippen LogP contribution in [0.15, 0.2) is 11.7 Å². The summed E-state index contributed by atoms with van der Waals surface area (Å²) in [5.41, 5.74) is 6.68. The number of aromatic nitrogens is 1. The van der Waals surface area contributed by atoms with Crippen LogP contribution in [0.1, 0.15) is 0 Å². The van der Waals surface area contributed by atoms with Crippen molar-refractivity contribution in [2.45, 2.75) is 16.6 Å². The van der Waals surface area contributed by atoms with E-state index in [1.54, 1.807) is 11.3 Å². The molecule has 0 amide bonds. The first-order valence-electron chi connectivity index (χ1n) is 3.94. The normalized spacial score (nSPS) is 10.7. The number of rotatable bonds is 4. The number of thiazole rings is 1. The summed E-state index contributed by atoms with van der Waals surface area (Å²) in [6.45, 7) is 1.19. The predicted molar refractivity (Wildman–Crippen MR) is 57.7 cm³/mol. The van der Waals surface area contributed by atoms with Crippen LogP contribution in [0.3, 0.4) is 0 Å². The van der Waals surface area contributed by atoms with Gasteiger partial charge in [0.15, 0.2) is 0 Å². The van der Waals surface area contributed by atoms with Crippen molar-refractivity contribution in [1.29, 1.82) is 0 Å². The van der Waals surface area contributed by atoms with Crippen LogP contribution in [0.25, 0.3) is 0 Å². The zero-order chi connectivity index (χ0) is 8.97. The van der Waals surface area contributed by atoms with Gasteiger partial charge in [0.1, 0.15) is 0 Å². The van der Waals surface area contributed by atoms with Gasteiger partial charge in [-0.3, -0.25) is 0 Å². The van der Waals surface area contributed by atoms with Crippen LogP contribution >= 0.6 is 11.3 Å². The number of anilines is 1. The van der Waals surface area contributed by atoms with Gasteiger partial charge in [-0.05, 0) is 0 Å². The Balaban J connectivity index is 2.34. The molecule has 4 heteroatoms. The van der Waals surface area contributed by atoms with Crippen molar-refractivity contribution < 1.29 is 0 Å². The van der Waals surface area contributed by atoms with E-state index in [4.69, 9.17) is 0 Å². The van der Waals surface area contributed by atoms with Crippen LogP contribution in [0.2, 0.25) is 16.6 Å². The molecule has 1 heterocycles. The third-order valence-corrected chi connectivity index (χ3v) is 4.86. The van der Waals surface area contributed by atoms with Crippen molar-refractivity contribution in [2.24, 2.45) is 0 Å². The molecule has 0 spiro atoms. The molecule has 0 N–H and O–H groups in total. The molecule has 0 radical (unpaired) electrons. The third kappa shape index (κ3) is 3.16. The summed E-state index contributed by atoms with van der Waals surface area (Å²) >= 11 is 1.27. The summed E-state index contributed by atoms with van der Waals surface area (Å²) in [4.78, 5) is 6.36. The van der Waals surface area contributed by atoms with E-state index >= 15 is 0 Å². The Bertz CT molecular complexity index is 211. The molecule has 2 nitrogen and oxygen atoms in total. The van der Waals surface area contributed by atoms with Gasteiger partial charge >= 0.3 is 82.8 Å². The molecule has 0 aliphatic rings. The van der Waals surface area contributed by atoms with E-state index in [1.165, 1.54) is 16.8 Å². The zero-order valence-electron chi connectivity index (χ0n) is 7.82. The van der Waals surface area contributed by atoms with Gasteiger partial charge < -0.3 is 0 Å². The van der Waals surface area contributed by atoms with Crippen molar-refractivity contribution in [2.75, 3.05) is 18.5 Å². The van der Waals surface area contributed by atoms with Crippen LogP contribution < -0.4 is 4.90 Å². The molecular weight excluding hydrogens is 231 g/mol. The molecule has 1 rings (SSSR count). The van der Waals surface area contributed by atoms with Crippen molar-refractivity contribution >= 4 is 31.0 Å². The molecule has 0 saturated carbocycles. The first-order valence-corrected chi connectivity index (χ1v) is 9.90. The second kappa shape index (κ2) is 4.88. The summed E-state index contributed by atoms with van der Waals surface area (Å²) in [5, 5.41) is 2.67. The van der Waals surface area contributed by atoms with Crippen LogP contribution in [0.4, 0.5) is 5.00 Å².